The highest BCUT2D eigenvalue weighted by molar-refractivity contribution is 6.20. The summed E-state index contributed by atoms with van der Waals surface area (Å²) in [5, 5.41) is 8.46. The number of aromatic nitrogens is 5. The van der Waals surface area contributed by atoms with Gasteiger partial charge in [-0.15, -0.1) is 0 Å². The smallest absolute Gasteiger partial charge is 0.228 e. The molecule has 7 heteroatoms. The number of hydrogen-bond donors (Lipinski definition) is 0. The summed E-state index contributed by atoms with van der Waals surface area (Å²) in [6.07, 6.45) is 1.77. The van der Waals surface area contributed by atoms with Gasteiger partial charge in [0.25, 0.3) is 0 Å². The lowest BCUT2D eigenvalue weighted by atomic mass is 10.0. The quantitative estimate of drug-likeness (QED) is 0.181. The second-order valence-electron chi connectivity index (χ2n) is 13.8. The predicted molar refractivity (Wildman–Crippen MR) is 220 cm³/mol. The molecule has 12 rings (SSSR count). The lowest BCUT2D eigenvalue weighted by Gasteiger charge is -2.11. The maximum atomic E-state index is 6.79. The zero-order valence-electron chi connectivity index (χ0n) is 29.1. The number of nitrogens with zero attached hydrogens (tertiary/aromatic N) is 5. The molecule has 7 nitrogen and oxygen atoms in total. The van der Waals surface area contributed by atoms with Crippen molar-refractivity contribution in [3.8, 4) is 39.9 Å². The molecule has 0 saturated heterocycles. The van der Waals surface area contributed by atoms with Crippen LogP contribution < -0.4 is 0 Å². The zero-order chi connectivity index (χ0) is 36.0. The van der Waals surface area contributed by atoms with Gasteiger partial charge in [0.1, 0.15) is 11.2 Å². The molecule has 0 unspecified atom stereocenters. The Bertz CT molecular complexity index is 3510. The summed E-state index contributed by atoms with van der Waals surface area (Å²) in [4.78, 5) is 20.2. The Balaban J connectivity index is 1.14. The van der Waals surface area contributed by atoms with Gasteiger partial charge >= 0.3 is 0 Å². The number of benzene rings is 7. The normalized spacial score (nSPS) is 12.0. The molecular formula is C48H27N5O2. The minimum atomic E-state index is 0.511. The Kier molecular flexibility index (Phi) is 6.21. The van der Waals surface area contributed by atoms with Gasteiger partial charge < -0.3 is 13.4 Å². The van der Waals surface area contributed by atoms with Gasteiger partial charge in [0.2, 0.25) is 5.71 Å². The maximum Gasteiger partial charge on any atom is 0.228 e. The molecule has 0 amide bonds. The van der Waals surface area contributed by atoms with Gasteiger partial charge in [0.15, 0.2) is 23.1 Å². The fourth-order valence-corrected chi connectivity index (χ4v) is 8.34. The molecule has 0 fully saturated rings. The van der Waals surface area contributed by atoms with Crippen molar-refractivity contribution in [2.45, 2.75) is 0 Å². The van der Waals surface area contributed by atoms with Gasteiger partial charge in [-0.3, -0.25) is 0 Å². The van der Waals surface area contributed by atoms with E-state index < -0.39 is 0 Å². The van der Waals surface area contributed by atoms with Crippen molar-refractivity contribution in [1.82, 2.24) is 24.5 Å². The van der Waals surface area contributed by atoms with Crippen molar-refractivity contribution in [2.24, 2.45) is 0 Å². The van der Waals surface area contributed by atoms with Crippen LogP contribution in [0.25, 0.3) is 116 Å². The molecular weight excluding hydrogens is 679 g/mol. The van der Waals surface area contributed by atoms with Crippen molar-refractivity contribution in [3.05, 3.63) is 164 Å². The van der Waals surface area contributed by atoms with E-state index >= 15 is 0 Å². The Morgan fingerprint density at radius 3 is 2.02 bits per heavy atom. The number of furan rings is 2. The molecule has 0 saturated carbocycles. The highest BCUT2D eigenvalue weighted by Gasteiger charge is 2.23. The van der Waals surface area contributed by atoms with E-state index in [1.807, 2.05) is 66.7 Å². The molecule has 0 N–H and O–H groups in total. The largest absolute Gasteiger partial charge is 0.456 e. The molecule has 0 aliphatic carbocycles. The van der Waals surface area contributed by atoms with Crippen molar-refractivity contribution in [2.75, 3.05) is 0 Å². The number of hydrogen-bond acceptors (Lipinski definition) is 6. The summed E-state index contributed by atoms with van der Waals surface area (Å²) < 4.78 is 15.4. The highest BCUT2D eigenvalue weighted by atomic mass is 16.3. The van der Waals surface area contributed by atoms with E-state index in [4.69, 9.17) is 28.8 Å². The van der Waals surface area contributed by atoms with Crippen LogP contribution in [-0.4, -0.2) is 24.5 Å². The number of para-hydroxylation sites is 3. The third-order valence-corrected chi connectivity index (χ3v) is 10.7. The molecule has 55 heavy (non-hydrogen) atoms. The number of rotatable bonds is 4. The van der Waals surface area contributed by atoms with Crippen LogP contribution in [0.3, 0.4) is 0 Å². The summed E-state index contributed by atoms with van der Waals surface area (Å²) in [6, 6.07) is 53.9. The van der Waals surface area contributed by atoms with Crippen molar-refractivity contribution < 1.29 is 8.83 Å². The van der Waals surface area contributed by atoms with Gasteiger partial charge in [-0.05, 0) is 35.7 Å². The molecule has 7 aromatic carbocycles. The van der Waals surface area contributed by atoms with Crippen LogP contribution in [-0.2, 0) is 0 Å². The van der Waals surface area contributed by atoms with E-state index in [0.29, 0.717) is 23.2 Å². The molecule has 0 atom stereocenters. The van der Waals surface area contributed by atoms with Crippen LogP contribution in [0.4, 0.5) is 0 Å². The second-order valence-corrected chi connectivity index (χ2v) is 13.8. The number of fused-ring (bicyclic) bond motifs is 11. The fraction of sp³-hybridized carbons (Fsp3) is 0. The number of pyridine rings is 1. The van der Waals surface area contributed by atoms with Crippen LogP contribution >= 0.6 is 0 Å². The highest BCUT2D eigenvalue weighted by Crippen LogP contribution is 2.43. The fourth-order valence-electron chi connectivity index (χ4n) is 8.34. The second kappa shape index (κ2) is 11.4. The van der Waals surface area contributed by atoms with E-state index in [-0.39, 0.29) is 0 Å². The van der Waals surface area contributed by atoms with Gasteiger partial charge in [0.05, 0.1) is 22.1 Å². The zero-order valence-corrected chi connectivity index (χ0v) is 29.1. The van der Waals surface area contributed by atoms with Crippen LogP contribution in [0.2, 0.25) is 0 Å². The third-order valence-electron chi connectivity index (χ3n) is 10.7. The molecule has 12 aromatic rings. The molecule has 5 heterocycles. The van der Waals surface area contributed by atoms with Crippen molar-refractivity contribution >= 4 is 76.6 Å². The average molecular weight is 706 g/mol. The Morgan fingerprint density at radius 2 is 1.13 bits per heavy atom. The first-order valence-electron chi connectivity index (χ1n) is 18.2. The standard InChI is InChI=1S/C48H27N5O2/c1-2-13-29(14-3-1)45-50-46(35-19-11-23-40-41(35)33-17-7-9-22-39(33)54-40)52-47(51-45)36-26-27-49-48-42(36)34-18-10-21-38(44(34)55-48)53-37-20-8-6-16-31(37)32-25-24-28-12-4-5-15-30(28)43(32)53/h1-27H. The topological polar surface area (TPSA) is 82.8 Å². The Hall–Kier alpha value is -7.64. The Morgan fingerprint density at radius 1 is 0.436 bits per heavy atom. The molecule has 256 valence electrons. The summed E-state index contributed by atoms with van der Waals surface area (Å²) in [5.74, 6) is 1.65. The lowest BCUT2D eigenvalue weighted by Crippen LogP contribution is -2.01. The van der Waals surface area contributed by atoms with E-state index in [2.05, 4.69) is 95.6 Å². The van der Waals surface area contributed by atoms with Crippen LogP contribution in [0.1, 0.15) is 0 Å². The Labute approximate surface area is 312 Å². The summed E-state index contributed by atoms with van der Waals surface area (Å²) in [7, 11) is 0. The first kappa shape index (κ1) is 29.9. The van der Waals surface area contributed by atoms with Gasteiger partial charge in [-0.1, -0.05) is 127 Å². The average Bonchev–Trinajstić information content (AvgIpc) is 3.94. The molecule has 5 aromatic heterocycles. The van der Waals surface area contributed by atoms with E-state index in [9.17, 15) is 0 Å². The first-order chi connectivity index (χ1) is 27.3. The van der Waals surface area contributed by atoms with Crippen molar-refractivity contribution in [3.63, 3.8) is 0 Å². The summed E-state index contributed by atoms with van der Waals surface area (Å²) in [5.41, 5.74) is 8.57. The SMILES string of the molecule is c1ccc(-c2nc(-c3cccc4oc5ccccc5c34)nc(-c3ccnc4oc5c(-n6c7ccccc7c7ccc8ccccc8c76)cccc5c34)n2)cc1. The summed E-state index contributed by atoms with van der Waals surface area (Å²) in [6.45, 7) is 0. The first-order valence-corrected chi connectivity index (χ1v) is 18.2. The van der Waals surface area contributed by atoms with Crippen LogP contribution in [0, 0.1) is 0 Å². The van der Waals surface area contributed by atoms with Crippen molar-refractivity contribution in [1.29, 1.82) is 0 Å². The van der Waals surface area contributed by atoms with Gasteiger partial charge in [-0.2, -0.15) is 0 Å². The van der Waals surface area contributed by atoms with Gasteiger partial charge in [0, 0.05) is 55.2 Å². The van der Waals surface area contributed by atoms with E-state index in [1.54, 1.807) is 6.20 Å². The monoisotopic (exact) mass is 705 g/mol. The minimum Gasteiger partial charge on any atom is -0.456 e. The van der Waals surface area contributed by atoms with Crippen LogP contribution in [0.5, 0.6) is 0 Å². The molecule has 0 bridgehead atoms. The molecule has 0 spiro atoms. The lowest BCUT2D eigenvalue weighted by molar-refractivity contribution is 0.652. The third kappa shape index (κ3) is 4.38. The minimum absolute atomic E-state index is 0.511. The van der Waals surface area contributed by atoms with Crippen LogP contribution in [0.15, 0.2) is 173 Å². The molecule has 0 aliphatic heterocycles. The summed E-state index contributed by atoms with van der Waals surface area (Å²) >= 11 is 0. The van der Waals surface area contributed by atoms with Gasteiger partial charge in [-0.25, -0.2) is 19.9 Å². The molecule has 0 aliphatic rings. The maximum absolute atomic E-state index is 6.79. The predicted octanol–water partition coefficient (Wildman–Crippen LogP) is 12.3. The van der Waals surface area contributed by atoms with E-state index in [0.717, 1.165) is 71.7 Å². The van der Waals surface area contributed by atoms with E-state index in [1.165, 1.54) is 21.5 Å². The molecule has 0 radical (unpaired) electrons.